The highest BCUT2D eigenvalue weighted by molar-refractivity contribution is 5.84. The lowest BCUT2D eigenvalue weighted by atomic mass is 10.1. The molecule has 0 aliphatic rings. The van der Waals surface area contributed by atoms with Gasteiger partial charge in [0.15, 0.2) is 0 Å². The van der Waals surface area contributed by atoms with Crippen LogP contribution in [0.2, 0.25) is 0 Å². The van der Waals surface area contributed by atoms with E-state index >= 15 is 0 Å². The molecule has 0 radical (unpaired) electrons. The number of hydrogen-bond acceptors (Lipinski definition) is 4. The summed E-state index contributed by atoms with van der Waals surface area (Å²) in [6.45, 7) is 0.207. The smallest absolute Gasteiger partial charge is 0.331 e. The minimum Gasteiger partial charge on any atom is -0.497 e. The zero-order valence-corrected chi connectivity index (χ0v) is 14.6. The second-order valence-corrected chi connectivity index (χ2v) is 5.95. The molecule has 2 aromatic carbocycles. The summed E-state index contributed by atoms with van der Waals surface area (Å²) in [5, 5.41) is 4.89. The molecule has 0 fully saturated rings. The van der Waals surface area contributed by atoms with E-state index in [2.05, 4.69) is 5.32 Å². The van der Waals surface area contributed by atoms with Crippen LogP contribution in [0, 0.1) is 0 Å². The van der Waals surface area contributed by atoms with Gasteiger partial charge in [-0.15, -0.1) is 0 Å². The lowest BCUT2D eigenvalue weighted by molar-refractivity contribution is -0.121. The monoisotopic (exact) mass is 353 g/mol. The van der Waals surface area contributed by atoms with Gasteiger partial charge in [-0.25, -0.2) is 4.79 Å². The maximum Gasteiger partial charge on any atom is 0.331 e. The standard InChI is InChI=1S/C19H19N3O4/c1-21-18(24)7-8-22(19(21)25)12-17(23)20-11-13-3-4-15-10-16(26-2)6-5-14(15)9-13/h3-10H,11-12H2,1-2H3,(H,20,23). The molecule has 3 rings (SSSR count). The Kier molecular flexibility index (Phi) is 4.88. The first kappa shape index (κ1) is 17.5. The number of hydrogen-bond donors (Lipinski definition) is 1. The Hall–Kier alpha value is -3.35. The van der Waals surface area contributed by atoms with Crippen molar-refractivity contribution in [1.82, 2.24) is 14.5 Å². The van der Waals surface area contributed by atoms with Gasteiger partial charge in [0.2, 0.25) is 5.91 Å². The van der Waals surface area contributed by atoms with E-state index in [0.29, 0.717) is 6.54 Å². The molecule has 0 bridgehead atoms. The maximum absolute atomic E-state index is 12.1. The number of nitrogens with one attached hydrogen (secondary N) is 1. The summed E-state index contributed by atoms with van der Waals surface area (Å²) in [6, 6.07) is 12.9. The van der Waals surface area contributed by atoms with Crippen LogP contribution in [0.1, 0.15) is 5.56 Å². The van der Waals surface area contributed by atoms with Crippen molar-refractivity contribution in [1.29, 1.82) is 0 Å². The summed E-state index contributed by atoms with van der Waals surface area (Å²) in [5.74, 6) is 0.488. The van der Waals surface area contributed by atoms with Gasteiger partial charge in [0, 0.05) is 25.9 Å². The molecule has 134 valence electrons. The fourth-order valence-corrected chi connectivity index (χ4v) is 2.66. The molecule has 1 N–H and O–H groups in total. The topological polar surface area (TPSA) is 82.3 Å². The van der Waals surface area contributed by atoms with Gasteiger partial charge in [0.25, 0.3) is 5.56 Å². The molecule has 26 heavy (non-hydrogen) atoms. The molecule has 0 unspecified atom stereocenters. The predicted octanol–water partition coefficient (Wildman–Crippen LogP) is 1.03. The highest BCUT2D eigenvalue weighted by Gasteiger charge is 2.07. The molecule has 0 saturated heterocycles. The summed E-state index contributed by atoms with van der Waals surface area (Å²) in [5.41, 5.74) is 0.0237. The molecule has 1 heterocycles. The van der Waals surface area contributed by atoms with Gasteiger partial charge >= 0.3 is 5.69 Å². The summed E-state index contributed by atoms with van der Waals surface area (Å²) in [6.07, 6.45) is 1.33. The highest BCUT2D eigenvalue weighted by Crippen LogP contribution is 2.21. The Morgan fingerprint density at radius 2 is 1.81 bits per heavy atom. The number of carbonyl (C=O) groups is 1. The minimum absolute atomic E-state index is 0.141. The molecule has 7 nitrogen and oxygen atoms in total. The molecule has 1 amide bonds. The van der Waals surface area contributed by atoms with Crippen molar-refractivity contribution in [2.45, 2.75) is 13.1 Å². The van der Waals surface area contributed by atoms with Crippen LogP contribution in [0.3, 0.4) is 0 Å². The Balaban J connectivity index is 1.68. The van der Waals surface area contributed by atoms with Gasteiger partial charge in [-0.3, -0.25) is 18.7 Å². The van der Waals surface area contributed by atoms with E-state index in [0.717, 1.165) is 26.7 Å². The predicted molar refractivity (Wildman–Crippen MR) is 98.3 cm³/mol. The van der Waals surface area contributed by atoms with Crippen LogP contribution in [0.4, 0.5) is 0 Å². The lowest BCUT2D eigenvalue weighted by Crippen LogP contribution is -2.40. The van der Waals surface area contributed by atoms with Crippen molar-refractivity contribution in [3.05, 3.63) is 75.1 Å². The fourth-order valence-electron chi connectivity index (χ4n) is 2.66. The molecule has 0 aliphatic carbocycles. The van der Waals surface area contributed by atoms with Crippen molar-refractivity contribution < 1.29 is 9.53 Å². The van der Waals surface area contributed by atoms with E-state index in [4.69, 9.17) is 4.74 Å². The van der Waals surface area contributed by atoms with Crippen molar-refractivity contribution in [3.8, 4) is 5.75 Å². The van der Waals surface area contributed by atoms with E-state index in [1.165, 1.54) is 23.9 Å². The number of methoxy groups -OCH3 is 1. The second-order valence-electron chi connectivity index (χ2n) is 5.95. The first-order valence-electron chi connectivity index (χ1n) is 8.08. The normalized spacial score (nSPS) is 10.7. The lowest BCUT2D eigenvalue weighted by Gasteiger charge is -2.09. The number of ether oxygens (including phenoxy) is 1. The van der Waals surface area contributed by atoms with Crippen LogP contribution in [-0.2, 0) is 24.9 Å². The summed E-state index contributed by atoms with van der Waals surface area (Å²) in [4.78, 5) is 35.4. The number of benzene rings is 2. The summed E-state index contributed by atoms with van der Waals surface area (Å²) in [7, 11) is 3.00. The van der Waals surface area contributed by atoms with Crippen molar-refractivity contribution in [2.75, 3.05) is 7.11 Å². The van der Waals surface area contributed by atoms with Crippen LogP contribution in [0.15, 0.2) is 58.3 Å². The first-order chi connectivity index (χ1) is 12.5. The average Bonchev–Trinajstić information content (AvgIpc) is 2.66. The molecule has 7 heteroatoms. The van der Waals surface area contributed by atoms with Crippen LogP contribution in [0.25, 0.3) is 10.8 Å². The zero-order chi connectivity index (χ0) is 18.7. The van der Waals surface area contributed by atoms with Crippen LogP contribution >= 0.6 is 0 Å². The van der Waals surface area contributed by atoms with Gasteiger partial charge in [0.05, 0.1) is 7.11 Å². The largest absolute Gasteiger partial charge is 0.497 e. The number of aromatic nitrogens is 2. The van der Waals surface area contributed by atoms with E-state index in [1.807, 2.05) is 36.4 Å². The van der Waals surface area contributed by atoms with E-state index in [1.54, 1.807) is 7.11 Å². The number of carbonyl (C=O) groups excluding carboxylic acids is 1. The minimum atomic E-state index is -0.521. The Bertz CT molecular complexity index is 1080. The quantitative estimate of drug-likeness (QED) is 0.743. The number of amides is 1. The first-order valence-corrected chi connectivity index (χ1v) is 8.08. The van der Waals surface area contributed by atoms with Gasteiger partial charge in [-0.2, -0.15) is 0 Å². The fraction of sp³-hybridized carbons (Fsp3) is 0.211. The maximum atomic E-state index is 12.1. The summed E-state index contributed by atoms with van der Waals surface area (Å²) < 4.78 is 7.37. The van der Waals surface area contributed by atoms with E-state index < -0.39 is 11.2 Å². The SMILES string of the molecule is COc1ccc2cc(CNC(=O)Cn3ccc(=O)n(C)c3=O)ccc2c1. The second kappa shape index (κ2) is 7.26. The van der Waals surface area contributed by atoms with Crippen LogP contribution in [-0.4, -0.2) is 22.2 Å². The third-order valence-corrected chi connectivity index (χ3v) is 4.18. The third kappa shape index (κ3) is 3.66. The van der Waals surface area contributed by atoms with E-state index in [9.17, 15) is 14.4 Å². The highest BCUT2D eigenvalue weighted by atomic mass is 16.5. The van der Waals surface area contributed by atoms with Crippen molar-refractivity contribution >= 4 is 16.7 Å². The van der Waals surface area contributed by atoms with Crippen molar-refractivity contribution in [3.63, 3.8) is 0 Å². The number of fused-ring (bicyclic) bond motifs is 1. The van der Waals surface area contributed by atoms with Gasteiger partial charge in [0.1, 0.15) is 12.3 Å². The molecule has 0 saturated carbocycles. The Labute approximate surface area is 149 Å². The molecule has 0 aliphatic heterocycles. The number of nitrogens with zero attached hydrogens (tertiary/aromatic N) is 2. The number of rotatable bonds is 5. The molecule has 0 spiro atoms. The molecule has 0 atom stereocenters. The van der Waals surface area contributed by atoms with Crippen LogP contribution in [0.5, 0.6) is 5.75 Å². The van der Waals surface area contributed by atoms with Gasteiger partial charge < -0.3 is 10.1 Å². The van der Waals surface area contributed by atoms with E-state index in [-0.39, 0.29) is 12.5 Å². The average molecular weight is 353 g/mol. The molecular weight excluding hydrogens is 334 g/mol. The van der Waals surface area contributed by atoms with Crippen molar-refractivity contribution in [2.24, 2.45) is 7.05 Å². The third-order valence-electron chi connectivity index (χ3n) is 4.18. The van der Waals surface area contributed by atoms with Gasteiger partial charge in [-0.05, 0) is 34.5 Å². The van der Waals surface area contributed by atoms with Crippen LogP contribution < -0.4 is 21.3 Å². The Morgan fingerprint density at radius 3 is 2.58 bits per heavy atom. The molecule has 3 aromatic rings. The Morgan fingerprint density at radius 1 is 1.08 bits per heavy atom. The zero-order valence-electron chi connectivity index (χ0n) is 14.6. The molecular formula is C19H19N3O4. The summed E-state index contributed by atoms with van der Waals surface area (Å²) >= 11 is 0. The van der Waals surface area contributed by atoms with Gasteiger partial charge in [-0.1, -0.05) is 18.2 Å². The molecule has 1 aromatic heterocycles.